The number of hydrogen-bond donors (Lipinski definition) is 1. The minimum Gasteiger partial charge on any atom is -0.506 e. The second-order valence-electron chi connectivity index (χ2n) is 5.77. The van der Waals surface area contributed by atoms with Gasteiger partial charge in [-0.15, -0.1) is 0 Å². The van der Waals surface area contributed by atoms with Crippen LogP contribution in [0.2, 0.25) is 10.0 Å². The molecule has 7 heteroatoms. The van der Waals surface area contributed by atoms with Crippen molar-refractivity contribution in [3.05, 3.63) is 76.0 Å². The van der Waals surface area contributed by atoms with Crippen molar-refractivity contribution in [3.8, 4) is 17.2 Å². The highest BCUT2D eigenvalue weighted by Crippen LogP contribution is 2.31. The quantitative estimate of drug-likeness (QED) is 0.404. The third kappa shape index (κ3) is 3.65. The molecule has 3 aromatic carbocycles. The standard InChI is InChI=1S/C20H11Cl2FN2O2/c21-13-6-12(19(26)16(22)8-13)10-24-15-4-5-17-18(9-15)27-20(25-17)11-2-1-3-14(23)7-11/h1-10,26H. The van der Waals surface area contributed by atoms with Gasteiger partial charge in [0.25, 0.3) is 0 Å². The molecule has 0 unspecified atom stereocenters. The summed E-state index contributed by atoms with van der Waals surface area (Å²) < 4.78 is 19.1. The Balaban J connectivity index is 1.68. The van der Waals surface area contributed by atoms with Crippen LogP contribution < -0.4 is 0 Å². The van der Waals surface area contributed by atoms with E-state index in [2.05, 4.69) is 9.98 Å². The Morgan fingerprint density at radius 2 is 1.93 bits per heavy atom. The van der Waals surface area contributed by atoms with Gasteiger partial charge >= 0.3 is 0 Å². The lowest BCUT2D eigenvalue weighted by atomic mass is 10.2. The van der Waals surface area contributed by atoms with Crippen molar-refractivity contribution in [2.45, 2.75) is 0 Å². The fraction of sp³-hybridized carbons (Fsp3) is 0. The van der Waals surface area contributed by atoms with Crippen molar-refractivity contribution in [3.63, 3.8) is 0 Å². The summed E-state index contributed by atoms with van der Waals surface area (Å²) in [5.74, 6) is -0.135. The monoisotopic (exact) mass is 400 g/mol. The Morgan fingerprint density at radius 3 is 2.74 bits per heavy atom. The Kier molecular flexibility index (Phi) is 4.56. The number of halogens is 3. The zero-order valence-corrected chi connectivity index (χ0v) is 15.2. The van der Waals surface area contributed by atoms with Crippen molar-refractivity contribution in [1.82, 2.24) is 4.98 Å². The predicted octanol–water partition coefficient (Wildman–Crippen LogP) is 6.40. The number of aromatic hydroxyl groups is 1. The minimum atomic E-state index is -0.361. The summed E-state index contributed by atoms with van der Waals surface area (Å²) in [4.78, 5) is 8.68. The van der Waals surface area contributed by atoms with Crippen LogP contribution in [-0.2, 0) is 0 Å². The van der Waals surface area contributed by atoms with Gasteiger partial charge < -0.3 is 9.52 Å². The van der Waals surface area contributed by atoms with Crippen LogP contribution >= 0.6 is 23.2 Å². The van der Waals surface area contributed by atoms with Gasteiger partial charge in [0.1, 0.15) is 17.1 Å². The van der Waals surface area contributed by atoms with Crippen LogP contribution in [0.25, 0.3) is 22.6 Å². The van der Waals surface area contributed by atoms with Gasteiger partial charge in [-0.2, -0.15) is 0 Å². The van der Waals surface area contributed by atoms with Crippen LogP contribution in [-0.4, -0.2) is 16.3 Å². The summed E-state index contributed by atoms with van der Waals surface area (Å²) in [6.45, 7) is 0. The lowest BCUT2D eigenvalue weighted by molar-refractivity contribution is 0.475. The van der Waals surface area contributed by atoms with E-state index in [0.717, 1.165) is 0 Å². The first kappa shape index (κ1) is 17.5. The van der Waals surface area contributed by atoms with Crippen LogP contribution in [0, 0.1) is 5.82 Å². The molecule has 4 rings (SSSR count). The van der Waals surface area contributed by atoms with Gasteiger partial charge in [0.15, 0.2) is 5.58 Å². The number of oxazole rings is 1. The largest absolute Gasteiger partial charge is 0.506 e. The molecule has 0 bridgehead atoms. The summed E-state index contributed by atoms with van der Waals surface area (Å²) in [5, 5.41) is 10.5. The van der Waals surface area contributed by atoms with E-state index in [9.17, 15) is 9.50 Å². The van der Waals surface area contributed by atoms with Crippen LogP contribution in [0.1, 0.15) is 5.56 Å². The molecule has 27 heavy (non-hydrogen) atoms. The Bertz CT molecular complexity index is 1190. The van der Waals surface area contributed by atoms with Crippen LogP contribution in [0.5, 0.6) is 5.75 Å². The van der Waals surface area contributed by atoms with E-state index in [0.29, 0.717) is 38.8 Å². The van der Waals surface area contributed by atoms with Crippen LogP contribution in [0.4, 0.5) is 10.1 Å². The van der Waals surface area contributed by atoms with Gasteiger partial charge in [0, 0.05) is 28.4 Å². The van der Waals surface area contributed by atoms with Crippen molar-refractivity contribution < 1.29 is 13.9 Å². The SMILES string of the molecule is Oc1c(Cl)cc(Cl)cc1C=Nc1ccc2nc(-c3cccc(F)c3)oc2c1. The molecular weight excluding hydrogens is 390 g/mol. The molecule has 0 amide bonds. The highest BCUT2D eigenvalue weighted by molar-refractivity contribution is 6.36. The topological polar surface area (TPSA) is 58.6 Å². The van der Waals surface area contributed by atoms with Crippen LogP contribution in [0.15, 0.2) is 64.0 Å². The van der Waals surface area contributed by atoms with Gasteiger partial charge in [-0.3, -0.25) is 4.99 Å². The maximum absolute atomic E-state index is 13.4. The fourth-order valence-electron chi connectivity index (χ4n) is 2.57. The molecule has 134 valence electrons. The number of aliphatic imine (C=N–C) groups is 1. The molecule has 0 fully saturated rings. The Labute approximate surface area is 163 Å². The first-order chi connectivity index (χ1) is 13.0. The van der Waals surface area contributed by atoms with E-state index in [-0.39, 0.29) is 16.6 Å². The molecule has 1 aromatic heterocycles. The molecule has 0 atom stereocenters. The second-order valence-corrected chi connectivity index (χ2v) is 6.61. The highest BCUT2D eigenvalue weighted by Gasteiger charge is 2.10. The zero-order chi connectivity index (χ0) is 19.0. The maximum Gasteiger partial charge on any atom is 0.227 e. The predicted molar refractivity (Wildman–Crippen MR) is 105 cm³/mol. The van der Waals surface area contributed by atoms with Crippen molar-refractivity contribution in [2.24, 2.45) is 4.99 Å². The lowest BCUT2D eigenvalue weighted by Crippen LogP contribution is -1.84. The second kappa shape index (κ2) is 7.02. The lowest BCUT2D eigenvalue weighted by Gasteiger charge is -2.02. The Hall–Kier alpha value is -2.89. The van der Waals surface area contributed by atoms with Gasteiger partial charge in [-0.1, -0.05) is 29.3 Å². The first-order valence-corrected chi connectivity index (χ1v) is 8.64. The van der Waals surface area contributed by atoms with Crippen molar-refractivity contribution in [2.75, 3.05) is 0 Å². The van der Waals surface area contributed by atoms with Gasteiger partial charge in [0.05, 0.1) is 10.7 Å². The number of hydrogen-bond acceptors (Lipinski definition) is 4. The molecule has 0 aliphatic carbocycles. The number of aromatic nitrogens is 1. The molecule has 0 spiro atoms. The van der Waals surface area contributed by atoms with Gasteiger partial charge in [-0.05, 0) is 42.5 Å². The third-order valence-electron chi connectivity index (χ3n) is 3.85. The molecule has 0 saturated carbocycles. The summed E-state index contributed by atoms with van der Waals surface area (Å²) in [6.07, 6.45) is 1.46. The molecule has 1 heterocycles. The van der Waals surface area contributed by atoms with Gasteiger partial charge in [-0.25, -0.2) is 9.37 Å². The summed E-state index contributed by atoms with van der Waals surface area (Å²) >= 11 is 11.9. The third-order valence-corrected chi connectivity index (χ3v) is 4.36. The number of phenolic OH excluding ortho intramolecular Hbond substituents is 1. The minimum absolute atomic E-state index is 0.0982. The molecule has 4 nitrogen and oxygen atoms in total. The molecule has 0 radical (unpaired) electrons. The fourth-order valence-corrected chi connectivity index (χ4v) is 3.08. The molecule has 4 aromatic rings. The molecular formula is C20H11Cl2FN2O2. The van der Waals surface area contributed by atoms with Crippen molar-refractivity contribution >= 4 is 46.2 Å². The molecule has 1 N–H and O–H groups in total. The summed E-state index contributed by atoms with van der Waals surface area (Å²) in [5.41, 5.74) is 2.67. The summed E-state index contributed by atoms with van der Waals surface area (Å²) in [6, 6.07) is 14.2. The van der Waals surface area contributed by atoms with E-state index < -0.39 is 0 Å². The molecule has 0 aliphatic rings. The normalized spacial score (nSPS) is 11.5. The average molecular weight is 401 g/mol. The smallest absolute Gasteiger partial charge is 0.227 e. The zero-order valence-electron chi connectivity index (χ0n) is 13.7. The first-order valence-electron chi connectivity index (χ1n) is 7.88. The number of rotatable bonds is 3. The summed E-state index contributed by atoms with van der Waals surface area (Å²) in [7, 11) is 0. The van der Waals surface area contributed by atoms with E-state index in [1.807, 2.05) is 0 Å². The van der Waals surface area contributed by atoms with E-state index in [1.165, 1.54) is 24.4 Å². The number of fused-ring (bicyclic) bond motifs is 1. The maximum atomic E-state index is 13.4. The van der Waals surface area contributed by atoms with Crippen molar-refractivity contribution in [1.29, 1.82) is 0 Å². The van der Waals surface area contributed by atoms with E-state index >= 15 is 0 Å². The number of benzene rings is 3. The Morgan fingerprint density at radius 1 is 1.07 bits per heavy atom. The van der Waals surface area contributed by atoms with Gasteiger partial charge in [0.2, 0.25) is 5.89 Å². The average Bonchev–Trinajstić information content (AvgIpc) is 3.07. The van der Waals surface area contributed by atoms with Crippen LogP contribution in [0.3, 0.4) is 0 Å². The highest BCUT2D eigenvalue weighted by atomic mass is 35.5. The molecule has 0 saturated heterocycles. The molecule has 0 aliphatic heterocycles. The van der Waals surface area contributed by atoms with E-state index in [1.54, 1.807) is 36.4 Å². The number of nitrogens with zero attached hydrogens (tertiary/aromatic N) is 2. The van der Waals surface area contributed by atoms with E-state index in [4.69, 9.17) is 27.6 Å². The number of phenols is 1.